The molecule has 4 heteroatoms. The smallest absolute Gasteiger partial charge is 0.214 e. The Labute approximate surface area is 112 Å². The molecule has 0 aliphatic carbocycles. The standard InChI is InChI=1S/C15H17FN2O/c1-11-7-12(9-17-2)8-15(18-11)19-10-13-5-3-4-6-14(13)16/h3-8,17H,9-10H2,1-2H3. The summed E-state index contributed by atoms with van der Waals surface area (Å²) >= 11 is 0. The Bertz CT molecular complexity index is 558. The number of aromatic nitrogens is 1. The molecule has 1 N–H and O–H groups in total. The fourth-order valence-electron chi connectivity index (χ4n) is 1.85. The van der Waals surface area contributed by atoms with E-state index in [1.54, 1.807) is 18.2 Å². The van der Waals surface area contributed by atoms with Crippen molar-refractivity contribution in [2.75, 3.05) is 7.05 Å². The van der Waals surface area contributed by atoms with Gasteiger partial charge in [0.25, 0.3) is 0 Å². The van der Waals surface area contributed by atoms with E-state index in [9.17, 15) is 4.39 Å². The summed E-state index contributed by atoms with van der Waals surface area (Å²) in [5.41, 5.74) is 2.51. The van der Waals surface area contributed by atoms with Gasteiger partial charge in [0.2, 0.25) is 5.88 Å². The maximum atomic E-state index is 13.5. The summed E-state index contributed by atoms with van der Waals surface area (Å²) < 4.78 is 19.0. The molecule has 0 aliphatic rings. The number of hydrogen-bond donors (Lipinski definition) is 1. The molecule has 100 valence electrons. The van der Waals surface area contributed by atoms with Gasteiger partial charge < -0.3 is 10.1 Å². The summed E-state index contributed by atoms with van der Waals surface area (Å²) in [5.74, 6) is 0.263. The van der Waals surface area contributed by atoms with Crippen LogP contribution < -0.4 is 10.1 Å². The molecule has 0 aliphatic heterocycles. The van der Waals surface area contributed by atoms with Gasteiger partial charge >= 0.3 is 0 Å². The maximum absolute atomic E-state index is 13.5. The number of pyridine rings is 1. The van der Waals surface area contributed by atoms with E-state index in [1.807, 2.05) is 26.1 Å². The van der Waals surface area contributed by atoms with Crippen LogP contribution in [0.25, 0.3) is 0 Å². The van der Waals surface area contributed by atoms with Crippen LogP contribution in [0.2, 0.25) is 0 Å². The number of aryl methyl sites for hydroxylation is 1. The Morgan fingerprint density at radius 3 is 2.79 bits per heavy atom. The zero-order valence-corrected chi connectivity index (χ0v) is 11.1. The predicted molar refractivity (Wildman–Crippen MR) is 72.5 cm³/mol. The van der Waals surface area contributed by atoms with Crippen molar-refractivity contribution in [2.24, 2.45) is 0 Å². The van der Waals surface area contributed by atoms with Crippen molar-refractivity contribution >= 4 is 0 Å². The Hall–Kier alpha value is -1.94. The van der Waals surface area contributed by atoms with Crippen LogP contribution in [-0.4, -0.2) is 12.0 Å². The number of hydrogen-bond acceptors (Lipinski definition) is 3. The molecule has 0 amide bonds. The van der Waals surface area contributed by atoms with E-state index in [0.717, 1.165) is 17.8 Å². The minimum absolute atomic E-state index is 0.183. The number of benzene rings is 1. The number of nitrogens with zero attached hydrogens (tertiary/aromatic N) is 1. The van der Waals surface area contributed by atoms with Crippen LogP contribution in [0.4, 0.5) is 4.39 Å². The molecule has 1 heterocycles. The molecule has 0 atom stereocenters. The largest absolute Gasteiger partial charge is 0.473 e. The average molecular weight is 260 g/mol. The Morgan fingerprint density at radius 2 is 2.05 bits per heavy atom. The van der Waals surface area contributed by atoms with Crippen molar-refractivity contribution in [3.63, 3.8) is 0 Å². The summed E-state index contributed by atoms with van der Waals surface area (Å²) in [5, 5.41) is 3.08. The van der Waals surface area contributed by atoms with Crippen molar-refractivity contribution in [3.8, 4) is 5.88 Å². The molecule has 0 radical (unpaired) electrons. The van der Waals surface area contributed by atoms with Crippen LogP contribution in [0.5, 0.6) is 5.88 Å². The topological polar surface area (TPSA) is 34.2 Å². The summed E-state index contributed by atoms with van der Waals surface area (Å²) in [6, 6.07) is 10.4. The second kappa shape index (κ2) is 6.29. The summed E-state index contributed by atoms with van der Waals surface area (Å²) in [6.45, 7) is 2.84. The molecule has 0 spiro atoms. The number of rotatable bonds is 5. The molecule has 0 saturated heterocycles. The number of ether oxygens (including phenoxy) is 1. The van der Waals surface area contributed by atoms with Gasteiger partial charge in [0.05, 0.1) is 0 Å². The monoisotopic (exact) mass is 260 g/mol. The maximum Gasteiger partial charge on any atom is 0.214 e. The van der Waals surface area contributed by atoms with Crippen molar-refractivity contribution in [1.29, 1.82) is 0 Å². The molecule has 1 aromatic heterocycles. The minimum atomic E-state index is -0.259. The lowest BCUT2D eigenvalue weighted by molar-refractivity contribution is 0.287. The first kappa shape index (κ1) is 13.5. The van der Waals surface area contributed by atoms with Crippen LogP contribution in [-0.2, 0) is 13.2 Å². The van der Waals surface area contributed by atoms with Crippen molar-refractivity contribution in [1.82, 2.24) is 10.3 Å². The van der Waals surface area contributed by atoms with Gasteiger partial charge in [-0.1, -0.05) is 18.2 Å². The molecular formula is C15H17FN2O. The van der Waals surface area contributed by atoms with Gasteiger partial charge in [-0.2, -0.15) is 0 Å². The normalized spacial score (nSPS) is 10.5. The van der Waals surface area contributed by atoms with Gasteiger partial charge in [-0.05, 0) is 31.7 Å². The average Bonchev–Trinajstić information content (AvgIpc) is 2.37. The van der Waals surface area contributed by atoms with Gasteiger partial charge in [0.1, 0.15) is 12.4 Å². The lowest BCUT2D eigenvalue weighted by atomic mass is 10.2. The molecular weight excluding hydrogens is 243 g/mol. The highest BCUT2D eigenvalue weighted by atomic mass is 19.1. The first-order valence-electron chi connectivity index (χ1n) is 6.17. The van der Waals surface area contributed by atoms with E-state index in [4.69, 9.17) is 4.74 Å². The summed E-state index contributed by atoms with van der Waals surface area (Å²) in [6.07, 6.45) is 0. The van der Waals surface area contributed by atoms with Crippen LogP contribution in [0.1, 0.15) is 16.8 Å². The molecule has 3 nitrogen and oxygen atoms in total. The lowest BCUT2D eigenvalue weighted by Gasteiger charge is -2.09. The highest BCUT2D eigenvalue weighted by Crippen LogP contribution is 2.15. The quantitative estimate of drug-likeness (QED) is 0.897. The van der Waals surface area contributed by atoms with Crippen LogP contribution in [0.15, 0.2) is 36.4 Å². The van der Waals surface area contributed by atoms with E-state index in [2.05, 4.69) is 10.3 Å². The molecule has 2 rings (SSSR count). The highest BCUT2D eigenvalue weighted by Gasteiger charge is 2.04. The van der Waals surface area contributed by atoms with Crippen LogP contribution in [0, 0.1) is 12.7 Å². The second-order valence-electron chi connectivity index (χ2n) is 4.37. The Morgan fingerprint density at radius 1 is 1.26 bits per heavy atom. The molecule has 2 aromatic rings. The first-order chi connectivity index (χ1) is 9.19. The predicted octanol–water partition coefficient (Wildman–Crippen LogP) is 2.83. The summed E-state index contributed by atoms with van der Waals surface area (Å²) in [7, 11) is 1.88. The van der Waals surface area contributed by atoms with E-state index in [0.29, 0.717) is 11.4 Å². The zero-order chi connectivity index (χ0) is 13.7. The van der Waals surface area contributed by atoms with Crippen molar-refractivity contribution in [2.45, 2.75) is 20.1 Å². The zero-order valence-electron chi connectivity index (χ0n) is 11.1. The third kappa shape index (κ3) is 3.76. The van der Waals surface area contributed by atoms with Gasteiger partial charge in [-0.3, -0.25) is 0 Å². The van der Waals surface area contributed by atoms with Gasteiger partial charge in [-0.15, -0.1) is 0 Å². The van der Waals surface area contributed by atoms with Crippen LogP contribution in [0.3, 0.4) is 0 Å². The fourth-order valence-corrected chi connectivity index (χ4v) is 1.85. The highest BCUT2D eigenvalue weighted by molar-refractivity contribution is 5.25. The second-order valence-corrected chi connectivity index (χ2v) is 4.37. The minimum Gasteiger partial charge on any atom is -0.473 e. The molecule has 19 heavy (non-hydrogen) atoms. The van der Waals surface area contributed by atoms with Crippen LogP contribution >= 0.6 is 0 Å². The van der Waals surface area contributed by atoms with E-state index in [1.165, 1.54) is 6.07 Å². The third-order valence-electron chi connectivity index (χ3n) is 2.70. The number of halogens is 1. The van der Waals surface area contributed by atoms with Crippen molar-refractivity contribution in [3.05, 3.63) is 59.0 Å². The number of nitrogens with one attached hydrogen (secondary N) is 1. The Balaban J connectivity index is 2.09. The molecule has 0 fully saturated rings. The van der Waals surface area contributed by atoms with Gasteiger partial charge in [-0.25, -0.2) is 9.37 Å². The van der Waals surface area contributed by atoms with E-state index in [-0.39, 0.29) is 12.4 Å². The fraction of sp³-hybridized carbons (Fsp3) is 0.267. The molecule has 0 bridgehead atoms. The molecule has 0 saturated carbocycles. The lowest BCUT2D eigenvalue weighted by Crippen LogP contribution is -2.07. The van der Waals surface area contributed by atoms with Crippen molar-refractivity contribution < 1.29 is 9.13 Å². The van der Waals surface area contributed by atoms with Gasteiger partial charge in [0.15, 0.2) is 0 Å². The van der Waals surface area contributed by atoms with Gasteiger partial charge in [0, 0.05) is 23.9 Å². The van der Waals surface area contributed by atoms with E-state index < -0.39 is 0 Å². The molecule has 1 aromatic carbocycles. The summed E-state index contributed by atoms with van der Waals surface area (Å²) in [4.78, 5) is 4.29. The SMILES string of the molecule is CNCc1cc(C)nc(OCc2ccccc2F)c1. The first-order valence-corrected chi connectivity index (χ1v) is 6.17. The third-order valence-corrected chi connectivity index (χ3v) is 2.70. The van der Waals surface area contributed by atoms with E-state index >= 15 is 0 Å². The Kier molecular flexibility index (Phi) is 4.47. The molecule has 0 unspecified atom stereocenters.